The molecule has 0 fully saturated rings. The molecule has 0 radical (unpaired) electrons. The normalized spacial score (nSPS) is 10.9. The molecule has 2 rings (SSSR count). The molecule has 0 aliphatic carbocycles. The van der Waals surface area contributed by atoms with Gasteiger partial charge in [0.05, 0.1) is 0 Å². The van der Waals surface area contributed by atoms with Gasteiger partial charge in [0.1, 0.15) is 0 Å². The van der Waals surface area contributed by atoms with Crippen molar-refractivity contribution in [1.29, 1.82) is 0 Å². The molecule has 0 spiro atoms. The molecule has 0 saturated heterocycles. The van der Waals surface area contributed by atoms with Crippen molar-refractivity contribution < 1.29 is 8.78 Å². The lowest BCUT2D eigenvalue weighted by Gasteiger charge is -1.94. The maximum atomic E-state index is 12.7. The molecule has 0 unspecified atom stereocenters. The van der Waals surface area contributed by atoms with E-state index in [2.05, 4.69) is 9.97 Å². The van der Waals surface area contributed by atoms with Gasteiger partial charge < -0.3 is 0 Å². The van der Waals surface area contributed by atoms with Crippen LogP contribution >= 0.6 is 0 Å². The Bertz CT molecular complexity index is 476. The molecule has 0 atom stereocenters. The predicted molar refractivity (Wildman–Crippen MR) is 57.3 cm³/mol. The summed E-state index contributed by atoms with van der Waals surface area (Å²) < 4.78 is 25.5. The first-order valence-corrected chi connectivity index (χ1v) is 4.65. The minimum Gasteiger partial charge on any atom is -0.228 e. The second-order valence-corrected chi connectivity index (χ2v) is 3.16. The Morgan fingerprint density at radius 2 is 1.25 bits per heavy atom. The van der Waals surface area contributed by atoms with Crippen LogP contribution in [0, 0.1) is 11.9 Å². The van der Waals surface area contributed by atoms with Crippen LogP contribution in [0.15, 0.2) is 36.7 Å². The summed E-state index contributed by atoms with van der Waals surface area (Å²) in [5, 5.41) is 0. The van der Waals surface area contributed by atoms with Gasteiger partial charge in [-0.15, -0.1) is 0 Å². The zero-order valence-electron chi connectivity index (χ0n) is 8.27. The van der Waals surface area contributed by atoms with E-state index in [4.69, 9.17) is 0 Å². The largest absolute Gasteiger partial charge is 0.228 e. The fraction of sp³-hybridized carbons (Fsp3) is 0. The van der Waals surface area contributed by atoms with E-state index in [1.165, 1.54) is 24.5 Å². The molecule has 0 amide bonds. The first-order valence-electron chi connectivity index (χ1n) is 4.65. The van der Waals surface area contributed by atoms with Gasteiger partial charge in [-0.25, -0.2) is 9.97 Å². The Morgan fingerprint density at radius 1 is 0.812 bits per heavy atom. The van der Waals surface area contributed by atoms with Crippen LogP contribution < -0.4 is 0 Å². The minimum atomic E-state index is -0.539. The van der Waals surface area contributed by atoms with Crippen molar-refractivity contribution >= 4 is 12.2 Å². The Hall–Kier alpha value is -2.10. The van der Waals surface area contributed by atoms with Gasteiger partial charge in [-0.1, -0.05) is 12.2 Å². The van der Waals surface area contributed by atoms with Crippen LogP contribution in [0.2, 0.25) is 0 Å². The highest BCUT2D eigenvalue weighted by atomic mass is 19.1. The average Bonchev–Trinajstić information content (AvgIpc) is 2.27. The number of rotatable bonds is 2. The van der Waals surface area contributed by atoms with Crippen molar-refractivity contribution in [2.24, 2.45) is 0 Å². The molecule has 16 heavy (non-hydrogen) atoms. The third kappa shape index (κ3) is 2.70. The molecule has 0 aliphatic heterocycles. The Balaban J connectivity index is 2.21. The average molecular weight is 218 g/mol. The van der Waals surface area contributed by atoms with Crippen LogP contribution in [0.5, 0.6) is 0 Å². The second-order valence-electron chi connectivity index (χ2n) is 3.16. The molecule has 2 aromatic rings. The van der Waals surface area contributed by atoms with Crippen molar-refractivity contribution in [3.63, 3.8) is 0 Å². The topological polar surface area (TPSA) is 25.8 Å². The SMILES string of the molecule is Fc1cc(/C=C/c2ccnc(F)c2)ccn1. The zero-order valence-corrected chi connectivity index (χ0v) is 8.27. The second kappa shape index (κ2) is 4.61. The molecular weight excluding hydrogens is 210 g/mol. The van der Waals surface area contributed by atoms with Crippen LogP contribution in [0.1, 0.15) is 11.1 Å². The lowest BCUT2D eigenvalue weighted by Crippen LogP contribution is -1.83. The van der Waals surface area contributed by atoms with E-state index >= 15 is 0 Å². The molecule has 0 bridgehead atoms. The van der Waals surface area contributed by atoms with Crippen molar-refractivity contribution in [1.82, 2.24) is 9.97 Å². The molecule has 2 aromatic heterocycles. The van der Waals surface area contributed by atoms with E-state index in [9.17, 15) is 8.78 Å². The number of aromatic nitrogens is 2. The molecule has 0 aromatic carbocycles. The molecule has 0 aliphatic rings. The standard InChI is InChI=1S/C12H8F2N2/c13-11-7-9(3-5-15-11)1-2-10-4-6-16-12(14)8-10/h1-8H/b2-1+. The van der Waals surface area contributed by atoms with E-state index in [1.807, 2.05) is 0 Å². The summed E-state index contributed by atoms with van der Waals surface area (Å²) in [6.07, 6.45) is 6.11. The predicted octanol–water partition coefficient (Wildman–Crippen LogP) is 2.93. The zero-order chi connectivity index (χ0) is 11.4. The highest BCUT2D eigenvalue weighted by Crippen LogP contribution is 2.08. The summed E-state index contributed by atoms with van der Waals surface area (Å²) in [5.74, 6) is -1.08. The first-order chi connectivity index (χ1) is 7.74. The lowest BCUT2D eigenvalue weighted by atomic mass is 10.2. The highest BCUT2D eigenvalue weighted by Gasteiger charge is 1.93. The van der Waals surface area contributed by atoms with Crippen molar-refractivity contribution in [3.05, 3.63) is 59.7 Å². The summed E-state index contributed by atoms with van der Waals surface area (Å²) >= 11 is 0. The quantitative estimate of drug-likeness (QED) is 0.724. The minimum absolute atomic E-state index is 0.539. The summed E-state index contributed by atoms with van der Waals surface area (Å²) in [4.78, 5) is 6.88. The van der Waals surface area contributed by atoms with E-state index in [1.54, 1.807) is 24.3 Å². The van der Waals surface area contributed by atoms with E-state index in [0.29, 0.717) is 11.1 Å². The Kier molecular flexibility index (Phi) is 3.00. The Labute approximate surface area is 91.3 Å². The van der Waals surface area contributed by atoms with Gasteiger partial charge in [0, 0.05) is 24.5 Å². The molecule has 4 heteroatoms. The number of halogens is 2. The first kappa shape index (κ1) is 10.4. The van der Waals surface area contributed by atoms with Gasteiger partial charge in [0.25, 0.3) is 0 Å². The van der Waals surface area contributed by atoms with Gasteiger partial charge >= 0.3 is 0 Å². The number of pyridine rings is 2. The van der Waals surface area contributed by atoms with Gasteiger partial charge in [0.2, 0.25) is 11.9 Å². The van der Waals surface area contributed by atoms with Gasteiger partial charge in [-0.05, 0) is 23.3 Å². The van der Waals surface area contributed by atoms with Crippen LogP contribution in [0.4, 0.5) is 8.78 Å². The van der Waals surface area contributed by atoms with Crippen LogP contribution in [-0.2, 0) is 0 Å². The molecule has 0 N–H and O–H groups in total. The highest BCUT2D eigenvalue weighted by molar-refractivity contribution is 5.69. The summed E-state index contributed by atoms with van der Waals surface area (Å²) in [7, 11) is 0. The van der Waals surface area contributed by atoms with E-state index in [-0.39, 0.29) is 0 Å². The Morgan fingerprint density at radius 3 is 1.62 bits per heavy atom. The third-order valence-corrected chi connectivity index (χ3v) is 1.97. The summed E-state index contributed by atoms with van der Waals surface area (Å²) in [6, 6.07) is 5.93. The number of hydrogen-bond donors (Lipinski definition) is 0. The van der Waals surface area contributed by atoms with Gasteiger partial charge in [0.15, 0.2) is 0 Å². The van der Waals surface area contributed by atoms with Crippen molar-refractivity contribution in [2.75, 3.05) is 0 Å². The van der Waals surface area contributed by atoms with Crippen LogP contribution in [0.3, 0.4) is 0 Å². The van der Waals surface area contributed by atoms with E-state index < -0.39 is 11.9 Å². The lowest BCUT2D eigenvalue weighted by molar-refractivity contribution is 0.583. The summed E-state index contributed by atoms with van der Waals surface area (Å²) in [6.45, 7) is 0. The van der Waals surface area contributed by atoms with Crippen LogP contribution in [0.25, 0.3) is 12.2 Å². The fourth-order valence-corrected chi connectivity index (χ4v) is 1.23. The number of hydrogen-bond acceptors (Lipinski definition) is 2. The molecule has 80 valence electrons. The third-order valence-electron chi connectivity index (χ3n) is 1.97. The summed E-state index contributed by atoms with van der Waals surface area (Å²) in [5.41, 5.74) is 1.34. The maximum Gasteiger partial charge on any atom is 0.213 e. The smallest absolute Gasteiger partial charge is 0.213 e. The molecular formula is C12H8F2N2. The van der Waals surface area contributed by atoms with Gasteiger partial charge in [-0.2, -0.15) is 8.78 Å². The molecule has 2 heterocycles. The monoisotopic (exact) mass is 218 g/mol. The molecule has 2 nitrogen and oxygen atoms in total. The maximum absolute atomic E-state index is 12.7. The van der Waals surface area contributed by atoms with Crippen molar-refractivity contribution in [2.45, 2.75) is 0 Å². The van der Waals surface area contributed by atoms with E-state index in [0.717, 1.165) is 0 Å². The van der Waals surface area contributed by atoms with Crippen molar-refractivity contribution in [3.8, 4) is 0 Å². The molecule has 0 saturated carbocycles. The number of nitrogens with zero attached hydrogens (tertiary/aromatic N) is 2. The van der Waals surface area contributed by atoms with Crippen LogP contribution in [-0.4, -0.2) is 9.97 Å². The van der Waals surface area contributed by atoms with Gasteiger partial charge in [-0.3, -0.25) is 0 Å². The fourth-order valence-electron chi connectivity index (χ4n) is 1.23.